The van der Waals surface area contributed by atoms with Crippen LogP contribution in [0.15, 0.2) is 36.4 Å². The summed E-state index contributed by atoms with van der Waals surface area (Å²) in [6.07, 6.45) is 2.53. The fraction of sp³-hybridized carbons (Fsp3) is 0.412. The molecule has 0 unspecified atom stereocenters. The molecule has 0 aliphatic heterocycles. The standard InChI is InChI=1S/C17H21N3OS/c1-20-16(14-7-8-14)9-15(19-20)10-18-17(21)12-22-11-13-5-3-2-4-6-13/h2-6,9,14H,7-8,10-12H2,1H3,(H,18,21). The first kappa shape index (κ1) is 15.2. The molecule has 1 amide bonds. The number of hydrogen-bond donors (Lipinski definition) is 1. The second-order valence-electron chi connectivity index (χ2n) is 5.71. The molecule has 0 spiro atoms. The van der Waals surface area contributed by atoms with E-state index in [4.69, 9.17) is 0 Å². The number of nitrogens with zero attached hydrogens (tertiary/aromatic N) is 2. The average molecular weight is 315 g/mol. The third-order valence-electron chi connectivity index (χ3n) is 3.77. The number of carbonyl (C=O) groups excluding carboxylic acids is 1. The number of amides is 1. The number of benzene rings is 1. The van der Waals surface area contributed by atoms with E-state index < -0.39 is 0 Å². The van der Waals surface area contributed by atoms with Crippen LogP contribution in [-0.4, -0.2) is 21.4 Å². The van der Waals surface area contributed by atoms with Gasteiger partial charge in [0.25, 0.3) is 0 Å². The minimum atomic E-state index is 0.0690. The lowest BCUT2D eigenvalue weighted by Crippen LogP contribution is -2.24. The zero-order valence-corrected chi connectivity index (χ0v) is 13.6. The zero-order valence-electron chi connectivity index (χ0n) is 12.8. The van der Waals surface area contributed by atoms with Gasteiger partial charge in [-0.2, -0.15) is 5.10 Å². The van der Waals surface area contributed by atoms with Crippen LogP contribution in [-0.2, 0) is 24.1 Å². The number of rotatable bonds is 7. The van der Waals surface area contributed by atoms with E-state index in [9.17, 15) is 4.79 Å². The van der Waals surface area contributed by atoms with E-state index in [1.807, 2.05) is 29.9 Å². The van der Waals surface area contributed by atoms with E-state index in [-0.39, 0.29) is 5.91 Å². The summed E-state index contributed by atoms with van der Waals surface area (Å²) < 4.78 is 1.95. The van der Waals surface area contributed by atoms with Crippen molar-refractivity contribution in [3.05, 3.63) is 53.3 Å². The Kier molecular flexibility index (Phi) is 4.83. The number of thioether (sulfide) groups is 1. The summed E-state index contributed by atoms with van der Waals surface area (Å²) in [5, 5.41) is 7.42. The summed E-state index contributed by atoms with van der Waals surface area (Å²) in [5.41, 5.74) is 3.49. The highest BCUT2D eigenvalue weighted by molar-refractivity contribution is 7.99. The molecule has 3 rings (SSSR count). The molecule has 1 fully saturated rings. The van der Waals surface area contributed by atoms with Gasteiger partial charge in [0.05, 0.1) is 18.0 Å². The topological polar surface area (TPSA) is 46.9 Å². The molecule has 1 aliphatic rings. The van der Waals surface area contributed by atoms with Gasteiger partial charge in [0.1, 0.15) is 0 Å². The summed E-state index contributed by atoms with van der Waals surface area (Å²) in [7, 11) is 1.98. The van der Waals surface area contributed by atoms with Crippen molar-refractivity contribution < 1.29 is 4.79 Å². The fourth-order valence-electron chi connectivity index (χ4n) is 2.47. The maximum Gasteiger partial charge on any atom is 0.230 e. The van der Waals surface area contributed by atoms with Crippen molar-refractivity contribution in [2.24, 2.45) is 7.05 Å². The van der Waals surface area contributed by atoms with Gasteiger partial charge in [0.2, 0.25) is 5.91 Å². The molecule has 1 saturated carbocycles. The smallest absolute Gasteiger partial charge is 0.230 e. The Morgan fingerprint density at radius 3 is 2.86 bits per heavy atom. The van der Waals surface area contributed by atoms with Crippen LogP contribution in [0.5, 0.6) is 0 Å². The Labute approximate surface area is 135 Å². The van der Waals surface area contributed by atoms with Crippen LogP contribution in [0, 0.1) is 0 Å². The SMILES string of the molecule is Cn1nc(CNC(=O)CSCc2ccccc2)cc1C1CC1. The lowest BCUT2D eigenvalue weighted by atomic mass is 10.2. The van der Waals surface area contributed by atoms with E-state index in [2.05, 4.69) is 28.6 Å². The predicted molar refractivity (Wildman–Crippen MR) is 89.6 cm³/mol. The zero-order chi connectivity index (χ0) is 15.4. The minimum absolute atomic E-state index is 0.0690. The molecule has 0 radical (unpaired) electrons. The van der Waals surface area contributed by atoms with Crippen LogP contribution in [0.1, 0.15) is 35.7 Å². The number of hydrogen-bond acceptors (Lipinski definition) is 3. The largest absolute Gasteiger partial charge is 0.350 e. The van der Waals surface area contributed by atoms with Gasteiger partial charge < -0.3 is 5.32 Å². The molecular formula is C17H21N3OS. The van der Waals surface area contributed by atoms with E-state index in [0.717, 1.165) is 11.4 Å². The van der Waals surface area contributed by atoms with Crippen molar-refractivity contribution in [2.75, 3.05) is 5.75 Å². The van der Waals surface area contributed by atoms with E-state index in [1.165, 1.54) is 24.1 Å². The van der Waals surface area contributed by atoms with Crippen LogP contribution in [0.4, 0.5) is 0 Å². The van der Waals surface area contributed by atoms with Crippen LogP contribution in [0.2, 0.25) is 0 Å². The first-order valence-corrected chi connectivity index (χ1v) is 8.79. The van der Waals surface area contributed by atoms with Crippen LogP contribution in [0.25, 0.3) is 0 Å². The van der Waals surface area contributed by atoms with Crippen LogP contribution < -0.4 is 5.32 Å². The lowest BCUT2D eigenvalue weighted by molar-refractivity contribution is -0.118. The maximum absolute atomic E-state index is 11.9. The number of nitrogens with one attached hydrogen (secondary N) is 1. The maximum atomic E-state index is 11.9. The van der Waals surface area contributed by atoms with Crippen molar-refractivity contribution in [2.45, 2.75) is 31.1 Å². The van der Waals surface area contributed by atoms with Crippen molar-refractivity contribution in [1.82, 2.24) is 15.1 Å². The molecule has 22 heavy (non-hydrogen) atoms. The highest BCUT2D eigenvalue weighted by Gasteiger charge is 2.27. The van der Waals surface area contributed by atoms with Crippen molar-refractivity contribution in [3.63, 3.8) is 0 Å². The van der Waals surface area contributed by atoms with Crippen molar-refractivity contribution in [3.8, 4) is 0 Å². The molecule has 1 N–H and O–H groups in total. The van der Waals surface area contributed by atoms with Gasteiger partial charge >= 0.3 is 0 Å². The Bertz CT molecular complexity index is 635. The van der Waals surface area contributed by atoms with Crippen molar-refractivity contribution in [1.29, 1.82) is 0 Å². The van der Waals surface area contributed by atoms with Crippen LogP contribution >= 0.6 is 11.8 Å². The van der Waals surface area contributed by atoms with Crippen LogP contribution in [0.3, 0.4) is 0 Å². The van der Waals surface area contributed by atoms with Gasteiger partial charge in [-0.25, -0.2) is 0 Å². The molecule has 5 heteroatoms. The Balaban J connectivity index is 1.39. The van der Waals surface area contributed by atoms with Gasteiger partial charge in [-0.15, -0.1) is 11.8 Å². The quantitative estimate of drug-likeness (QED) is 0.854. The van der Waals surface area contributed by atoms with Gasteiger partial charge in [0, 0.05) is 24.4 Å². The van der Waals surface area contributed by atoms with E-state index in [0.29, 0.717) is 18.2 Å². The molecule has 4 nitrogen and oxygen atoms in total. The Morgan fingerprint density at radius 1 is 1.36 bits per heavy atom. The number of aryl methyl sites for hydroxylation is 1. The molecular weight excluding hydrogens is 294 g/mol. The van der Waals surface area contributed by atoms with Gasteiger partial charge in [0.15, 0.2) is 0 Å². The highest BCUT2D eigenvalue weighted by atomic mass is 32.2. The Morgan fingerprint density at radius 2 is 2.14 bits per heavy atom. The van der Waals surface area contributed by atoms with E-state index >= 15 is 0 Å². The van der Waals surface area contributed by atoms with Gasteiger partial charge in [-0.05, 0) is 24.5 Å². The van der Waals surface area contributed by atoms with Crippen molar-refractivity contribution >= 4 is 17.7 Å². The molecule has 0 bridgehead atoms. The third-order valence-corrected chi connectivity index (χ3v) is 4.78. The fourth-order valence-corrected chi connectivity index (χ4v) is 3.28. The molecule has 0 atom stereocenters. The molecule has 1 aliphatic carbocycles. The third kappa shape index (κ3) is 4.13. The summed E-state index contributed by atoms with van der Waals surface area (Å²) in [5.74, 6) is 2.10. The lowest BCUT2D eigenvalue weighted by Gasteiger charge is -2.03. The molecule has 116 valence electrons. The first-order valence-electron chi connectivity index (χ1n) is 7.63. The van der Waals surface area contributed by atoms with Gasteiger partial charge in [-0.1, -0.05) is 30.3 Å². The molecule has 1 aromatic heterocycles. The first-order chi connectivity index (χ1) is 10.7. The second kappa shape index (κ2) is 7.01. The van der Waals surface area contributed by atoms with Gasteiger partial charge in [-0.3, -0.25) is 9.48 Å². The average Bonchev–Trinajstić information content (AvgIpc) is 3.30. The summed E-state index contributed by atoms with van der Waals surface area (Å²) >= 11 is 1.64. The number of carbonyl (C=O) groups is 1. The monoisotopic (exact) mass is 315 g/mol. The number of aromatic nitrogens is 2. The summed E-state index contributed by atoms with van der Waals surface area (Å²) in [4.78, 5) is 11.9. The highest BCUT2D eigenvalue weighted by Crippen LogP contribution is 2.39. The normalized spacial score (nSPS) is 14.0. The summed E-state index contributed by atoms with van der Waals surface area (Å²) in [6.45, 7) is 0.519. The molecule has 0 saturated heterocycles. The molecule has 2 aromatic rings. The minimum Gasteiger partial charge on any atom is -0.350 e. The predicted octanol–water partition coefficient (Wildman–Crippen LogP) is 2.85. The molecule has 1 heterocycles. The second-order valence-corrected chi connectivity index (χ2v) is 6.70. The Hall–Kier alpha value is -1.75. The van der Waals surface area contributed by atoms with E-state index in [1.54, 1.807) is 11.8 Å². The molecule has 1 aromatic carbocycles. The summed E-state index contributed by atoms with van der Waals surface area (Å²) in [6, 6.07) is 12.3.